The number of aromatic nitrogens is 5. The van der Waals surface area contributed by atoms with Crippen LogP contribution in [0.15, 0.2) is 41.3 Å². The van der Waals surface area contributed by atoms with E-state index < -0.39 is 0 Å². The molecule has 0 aliphatic carbocycles. The Hall–Kier alpha value is -3.79. The van der Waals surface area contributed by atoms with Crippen LogP contribution in [0.5, 0.6) is 5.75 Å². The Bertz CT molecular complexity index is 1250. The van der Waals surface area contributed by atoms with Gasteiger partial charge in [-0.15, -0.1) is 0 Å². The number of methoxy groups -OCH3 is 1. The van der Waals surface area contributed by atoms with Crippen molar-refractivity contribution in [2.24, 2.45) is 0 Å². The molecule has 30 heavy (non-hydrogen) atoms. The molecule has 3 aromatic heterocycles. The third kappa shape index (κ3) is 3.16. The van der Waals surface area contributed by atoms with Gasteiger partial charge in [-0.2, -0.15) is 4.98 Å². The smallest absolute Gasteiger partial charge is 0.270 e. The predicted molar refractivity (Wildman–Crippen MR) is 104 cm³/mol. The summed E-state index contributed by atoms with van der Waals surface area (Å²) in [5.41, 5.74) is 3.51. The molecule has 1 aromatic carbocycles. The van der Waals surface area contributed by atoms with Crippen LogP contribution in [0.2, 0.25) is 0 Å². The van der Waals surface area contributed by atoms with Crippen LogP contribution in [0.3, 0.4) is 0 Å². The average molecular weight is 406 g/mol. The van der Waals surface area contributed by atoms with E-state index in [2.05, 4.69) is 25.4 Å². The van der Waals surface area contributed by atoms with Crippen LogP contribution in [-0.4, -0.2) is 44.1 Å². The lowest BCUT2D eigenvalue weighted by Crippen LogP contribution is -2.30. The van der Waals surface area contributed by atoms with Crippen LogP contribution in [-0.2, 0) is 11.3 Å². The number of nitrogens with one attached hydrogen (secondary N) is 1. The fraction of sp³-hybridized carbons (Fsp3) is 0.250. The van der Waals surface area contributed by atoms with E-state index in [1.165, 1.54) is 0 Å². The molecular formula is C20H18N6O4. The standard InChI is InChI=1S/C20H18N6O4/c1-11-8-26-15(6-22-17(26)7-21-11)20(27)23-14-9-29-16-5-12(3-4-13(14)16)19-24-18(10-28-2)30-25-19/h3-8,14H,9-10H2,1-2H3,(H,23,27)/t14-/m1/s1. The van der Waals surface area contributed by atoms with Gasteiger partial charge in [0.25, 0.3) is 11.8 Å². The second kappa shape index (κ2) is 7.23. The Kier molecular flexibility index (Phi) is 4.40. The number of ether oxygens (including phenoxy) is 2. The zero-order valence-corrected chi connectivity index (χ0v) is 16.3. The van der Waals surface area contributed by atoms with E-state index in [1.54, 1.807) is 30.1 Å². The van der Waals surface area contributed by atoms with Crippen molar-refractivity contribution in [1.82, 2.24) is 29.8 Å². The van der Waals surface area contributed by atoms with Gasteiger partial charge in [0.05, 0.1) is 24.1 Å². The van der Waals surface area contributed by atoms with E-state index in [9.17, 15) is 4.79 Å². The number of hydrogen-bond acceptors (Lipinski definition) is 8. The molecule has 1 aliphatic heterocycles. The van der Waals surface area contributed by atoms with Gasteiger partial charge in [0.2, 0.25) is 5.82 Å². The molecule has 1 N–H and O–H groups in total. The zero-order valence-electron chi connectivity index (χ0n) is 16.3. The lowest BCUT2D eigenvalue weighted by molar-refractivity contribution is 0.0924. The highest BCUT2D eigenvalue weighted by Crippen LogP contribution is 2.35. The van der Waals surface area contributed by atoms with Gasteiger partial charge in [-0.1, -0.05) is 17.3 Å². The SMILES string of the molecule is COCc1nc(-c2ccc3c(c2)OC[C@H]3NC(=O)c2cnc3cnc(C)cn23)no1. The zero-order chi connectivity index (χ0) is 20.7. The van der Waals surface area contributed by atoms with E-state index in [-0.39, 0.29) is 18.6 Å². The summed E-state index contributed by atoms with van der Waals surface area (Å²) in [5, 5.41) is 6.98. The van der Waals surface area contributed by atoms with Gasteiger partial charge in [0.15, 0.2) is 5.65 Å². The molecule has 0 unspecified atom stereocenters. The average Bonchev–Trinajstić information content (AvgIpc) is 3.46. The number of amides is 1. The summed E-state index contributed by atoms with van der Waals surface area (Å²) in [7, 11) is 1.56. The van der Waals surface area contributed by atoms with Crippen molar-refractivity contribution in [1.29, 1.82) is 0 Å². The highest BCUT2D eigenvalue weighted by Gasteiger charge is 2.28. The molecule has 4 heterocycles. The number of carbonyl (C=O) groups excluding carboxylic acids is 1. The minimum Gasteiger partial charge on any atom is -0.491 e. The Morgan fingerprint density at radius 3 is 3.10 bits per heavy atom. The van der Waals surface area contributed by atoms with Crippen molar-refractivity contribution in [2.45, 2.75) is 19.6 Å². The lowest BCUT2D eigenvalue weighted by atomic mass is 10.1. The summed E-state index contributed by atoms with van der Waals surface area (Å²) in [6, 6.07) is 5.34. The largest absolute Gasteiger partial charge is 0.491 e. The van der Waals surface area contributed by atoms with Crippen molar-refractivity contribution in [3.8, 4) is 17.1 Å². The number of carbonyl (C=O) groups is 1. The van der Waals surface area contributed by atoms with Crippen LogP contribution in [0.1, 0.15) is 33.7 Å². The molecule has 0 saturated carbocycles. The number of fused-ring (bicyclic) bond motifs is 2. The summed E-state index contributed by atoms with van der Waals surface area (Å²) >= 11 is 0. The monoisotopic (exact) mass is 406 g/mol. The van der Waals surface area contributed by atoms with Gasteiger partial charge in [-0.3, -0.25) is 14.2 Å². The van der Waals surface area contributed by atoms with Gasteiger partial charge >= 0.3 is 0 Å². The molecule has 5 rings (SSSR count). The minimum absolute atomic E-state index is 0.235. The highest BCUT2D eigenvalue weighted by molar-refractivity contribution is 5.93. The Labute approximate surface area is 170 Å². The first-order valence-electron chi connectivity index (χ1n) is 9.31. The van der Waals surface area contributed by atoms with Crippen molar-refractivity contribution < 1.29 is 18.8 Å². The Morgan fingerprint density at radius 1 is 1.33 bits per heavy atom. The molecule has 1 atom stereocenters. The summed E-state index contributed by atoms with van der Waals surface area (Å²) in [4.78, 5) is 25.6. The molecule has 1 amide bonds. The molecule has 0 radical (unpaired) electrons. The first-order chi connectivity index (χ1) is 14.6. The topological polar surface area (TPSA) is 117 Å². The molecule has 10 heteroatoms. The maximum atomic E-state index is 12.9. The summed E-state index contributed by atoms with van der Waals surface area (Å²) in [6.45, 7) is 2.45. The van der Waals surface area contributed by atoms with Crippen LogP contribution < -0.4 is 10.1 Å². The first-order valence-corrected chi connectivity index (χ1v) is 9.31. The van der Waals surface area contributed by atoms with Crippen LogP contribution in [0.25, 0.3) is 17.0 Å². The third-order valence-electron chi connectivity index (χ3n) is 4.85. The molecule has 0 bridgehead atoms. The quantitative estimate of drug-likeness (QED) is 0.536. The summed E-state index contributed by atoms with van der Waals surface area (Å²) < 4.78 is 17.7. The lowest BCUT2D eigenvalue weighted by Gasteiger charge is -2.11. The fourth-order valence-corrected chi connectivity index (χ4v) is 3.41. The maximum Gasteiger partial charge on any atom is 0.270 e. The van der Waals surface area contributed by atoms with Crippen LogP contribution >= 0.6 is 0 Å². The van der Waals surface area contributed by atoms with E-state index in [1.807, 2.05) is 25.1 Å². The van der Waals surface area contributed by atoms with E-state index >= 15 is 0 Å². The molecule has 152 valence electrons. The van der Waals surface area contributed by atoms with E-state index in [4.69, 9.17) is 14.0 Å². The Morgan fingerprint density at radius 2 is 2.23 bits per heavy atom. The summed E-state index contributed by atoms with van der Waals surface area (Å²) in [5.74, 6) is 1.29. The second-order valence-corrected chi connectivity index (χ2v) is 6.93. The molecule has 0 spiro atoms. The van der Waals surface area contributed by atoms with Gasteiger partial charge in [0.1, 0.15) is 24.7 Å². The molecule has 1 aliphatic rings. The van der Waals surface area contributed by atoms with Gasteiger partial charge in [-0.05, 0) is 13.0 Å². The Balaban J connectivity index is 1.36. The predicted octanol–water partition coefficient (Wildman–Crippen LogP) is 2.10. The molecule has 0 saturated heterocycles. The van der Waals surface area contributed by atoms with Crippen LogP contribution in [0.4, 0.5) is 0 Å². The van der Waals surface area contributed by atoms with Crippen LogP contribution in [0, 0.1) is 6.92 Å². The van der Waals surface area contributed by atoms with Crippen molar-refractivity contribution in [2.75, 3.05) is 13.7 Å². The van der Waals surface area contributed by atoms with Crippen molar-refractivity contribution >= 4 is 11.6 Å². The van der Waals surface area contributed by atoms with E-state index in [0.29, 0.717) is 35.4 Å². The van der Waals surface area contributed by atoms with Gasteiger partial charge in [-0.25, -0.2) is 4.98 Å². The van der Waals surface area contributed by atoms with Gasteiger partial charge < -0.3 is 19.3 Å². The summed E-state index contributed by atoms with van der Waals surface area (Å²) in [6.07, 6.45) is 4.96. The minimum atomic E-state index is -0.274. The number of aryl methyl sites for hydroxylation is 1. The fourth-order valence-electron chi connectivity index (χ4n) is 3.41. The number of nitrogens with zero attached hydrogens (tertiary/aromatic N) is 5. The molecular weight excluding hydrogens is 388 g/mol. The molecule has 4 aromatic rings. The normalized spacial score (nSPS) is 15.2. The highest BCUT2D eigenvalue weighted by atomic mass is 16.5. The van der Waals surface area contributed by atoms with Gasteiger partial charge in [0, 0.05) is 24.4 Å². The second-order valence-electron chi connectivity index (χ2n) is 6.93. The van der Waals surface area contributed by atoms with Crippen molar-refractivity contribution in [3.05, 3.63) is 59.6 Å². The first kappa shape index (κ1) is 18.3. The number of hydrogen-bond donors (Lipinski definition) is 1. The third-order valence-corrected chi connectivity index (χ3v) is 4.85. The van der Waals surface area contributed by atoms with E-state index in [0.717, 1.165) is 16.8 Å². The molecule has 10 nitrogen and oxygen atoms in total. The van der Waals surface area contributed by atoms with Crippen molar-refractivity contribution in [3.63, 3.8) is 0 Å². The number of rotatable bonds is 5. The number of imidazole rings is 1. The molecule has 0 fully saturated rings. The number of benzene rings is 1. The maximum absolute atomic E-state index is 12.9.